The summed E-state index contributed by atoms with van der Waals surface area (Å²) in [5.41, 5.74) is 4.54. The molecule has 7 rings (SSSR count). The van der Waals surface area contributed by atoms with Gasteiger partial charge in [0, 0.05) is 40.0 Å². The molecule has 1 spiro atoms. The Balaban J connectivity index is 1.02. The van der Waals surface area contributed by atoms with Gasteiger partial charge in [-0.15, -0.1) is 0 Å². The number of benzene rings is 3. The van der Waals surface area contributed by atoms with Crippen LogP contribution in [0.1, 0.15) is 47.9 Å². The molecular formula is C32H34N3O5+. The smallest absolute Gasteiger partial charge is 0.433 e. The number of ether oxygens (including phenoxy) is 2. The normalized spacial score (nSPS) is 25.5. The van der Waals surface area contributed by atoms with E-state index in [1.807, 2.05) is 36.4 Å². The minimum atomic E-state index is -0.446. The molecule has 0 aliphatic carbocycles. The highest BCUT2D eigenvalue weighted by atomic mass is 16.5. The third-order valence-corrected chi connectivity index (χ3v) is 9.36. The van der Waals surface area contributed by atoms with E-state index in [0.29, 0.717) is 30.9 Å². The second kappa shape index (κ2) is 9.80. The van der Waals surface area contributed by atoms with Crippen LogP contribution in [0, 0.1) is 10.1 Å². The summed E-state index contributed by atoms with van der Waals surface area (Å²) in [7, 11) is 0. The molecule has 0 N–H and O–H groups in total. The van der Waals surface area contributed by atoms with Crippen LogP contribution in [0.5, 0.6) is 17.2 Å². The summed E-state index contributed by atoms with van der Waals surface area (Å²) in [6.45, 7) is 4.20. The van der Waals surface area contributed by atoms with Crippen LogP contribution in [0.3, 0.4) is 0 Å². The predicted octanol–water partition coefficient (Wildman–Crippen LogP) is 5.20. The van der Waals surface area contributed by atoms with Crippen molar-refractivity contribution < 1.29 is 23.7 Å². The number of hydrogen-bond acceptors (Lipinski definition) is 6. The van der Waals surface area contributed by atoms with Crippen molar-refractivity contribution in [1.82, 2.24) is 4.90 Å². The Morgan fingerprint density at radius 3 is 2.52 bits per heavy atom. The number of rotatable bonds is 5. The van der Waals surface area contributed by atoms with Gasteiger partial charge >= 0.3 is 5.91 Å². The number of piperidine rings is 2. The van der Waals surface area contributed by atoms with Gasteiger partial charge in [-0.25, -0.2) is 4.79 Å². The third kappa shape index (κ3) is 4.60. The van der Waals surface area contributed by atoms with Crippen LogP contribution in [0.4, 0.5) is 0 Å². The Labute approximate surface area is 233 Å². The van der Waals surface area contributed by atoms with Gasteiger partial charge in [-0.2, -0.15) is 0 Å². The summed E-state index contributed by atoms with van der Waals surface area (Å²) in [6, 6.07) is 22.1. The standard InChI is InChI=1S/C32H34N3O5/c36-31-10-9-26(19-34(31)37)35(38)20-24-16-29-30(17-25(24)21-35)39-22-32(29)11-13-33(14-12-32)18-23-5-4-8-28(15-23)40-27-6-2-1-3-7-27/h1-8,15-17,26H,9-14,18-22H2/q+1. The van der Waals surface area contributed by atoms with Crippen LogP contribution in [-0.2, 0) is 29.8 Å². The van der Waals surface area contributed by atoms with Crippen molar-refractivity contribution in [2.75, 3.05) is 26.2 Å². The molecule has 2 saturated heterocycles. The first-order valence-electron chi connectivity index (χ1n) is 14.3. The fraction of sp³-hybridized carbons (Fsp3) is 0.406. The molecule has 0 aromatic heterocycles. The highest BCUT2D eigenvalue weighted by molar-refractivity contribution is 5.67. The van der Waals surface area contributed by atoms with E-state index in [-0.39, 0.29) is 24.4 Å². The highest BCUT2D eigenvalue weighted by Crippen LogP contribution is 2.49. The summed E-state index contributed by atoms with van der Waals surface area (Å²) >= 11 is 0. The number of carbonyl (C=O) groups excluding carboxylic acids is 1. The number of nitrogens with zero attached hydrogens (tertiary/aromatic N) is 3. The fourth-order valence-electron chi connectivity index (χ4n) is 7.01. The van der Waals surface area contributed by atoms with Crippen LogP contribution in [0.25, 0.3) is 0 Å². The Morgan fingerprint density at radius 1 is 1.00 bits per heavy atom. The first-order chi connectivity index (χ1) is 19.4. The van der Waals surface area contributed by atoms with E-state index in [4.69, 9.17) is 9.47 Å². The summed E-state index contributed by atoms with van der Waals surface area (Å²) < 4.78 is 12.3. The lowest BCUT2D eigenvalue weighted by molar-refractivity contribution is -0.932. The number of carbonyl (C=O) groups is 1. The van der Waals surface area contributed by atoms with Crippen molar-refractivity contribution in [3.05, 3.63) is 99.1 Å². The fourth-order valence-corrected chi connectivity index (χ4v) is 7.01. The van der Waals surface area contributed by atoms with E-state index in [1.165, 1.54) is 11.1 Å². The first kappa shape index (κ1) is 25.4. The Bertz CT molecular complexity index is 1470. The number of hydrogen-bond donors (Lipinski definition) is 0. The molecular weight excluding hydrogens is 506 g/mol. The van der Waals surface area contributed by atoms with E-state index in [9.17, 15) is 14.9 Å². The molecule has 3 aromatic carbocycles. The third-order valence-electron chi connectivity index (χ3n) is 9.36. The average Bonchev–Trinajstić information content (AvgIpc) is 3.48. The maximum absolute atomic E-state index is 13.8. The van der Waals surface area contributed by atoms with Gasteiger partial charge in [0.15, 0.2) is 6.04 Å². The van der Waals surface area contributed by atoms with Gasteiger partial charge in [0.1, 0.15) is 30.3 Å². The number of para-hydroxylation sites is 1. The molecule has 4 aliphatic heterocycles. The topological polar surface area (TPSA) is 81.9 Å². The van der Waals surface area contributed by atoms with Gasteiger partial charge < -0.3 is 19.3 Å². The molecule has 206 valence electrons. The van der Waals surface area contributed by atoms with Crippen LogP contribution in [0.2, 0.25) is 0 Å². The lowest BCUT2D eigenvalue weighted by atomic mass is 9.74. The molecule has 8 heteroatoms. The second-order valence-electron chi connectivity index (χ2n) is 11.9. The molecule has 0 bridgehead atoms. The first-order valence-corrected chi connectivity index (χ1v) is 14.3. The largest absolute Gasteiger partial charge is 0.632 e. The minimum absolute atomic E-state index is 0.00635. The summed E-state index contributed by atoms with van der Waals surface area (Å²) in [6.07, 6.45) is 2.65. The van der Waals surface area contributed by atoms with Crippen molar-refractivity contribution in [3.8, 4) is 17.2 Å². The molecule has 2 fully saturated rings. The van der Waals surface area contributed by atoms with Crippen molar-refractivity contribution >= 4 is 5.91 Å². The number of likely N-dealkylation sites (tertiary alicyclic amines) is 1. The molecule has 2 unspecified atom stereocenters. The Morgan fingerprint density at radius 2 is 1.75 bits per heavy atom. The molecule has 0 saturated carbocycles. The zero-order chi connectivity index (χ0) is 27.3. The lowest BCUT2D eigenvalue weighted by Gasteiger charge is -2.44. The highest BCUT2D eigenvalue weighted by Gasteiger charge is 2.48. The van der Waals surface area contributed by atoms with Crippen LogP contribution in [-0.4, -0.2) is 52.5 Å². The van der Waals surface area contributed by atoms with E-state index >= 15 is 0 Å². The van der Waals surface area contributed by atoms with Gasteiger partial charge in [-0.3, -0.25) is 4.90 Å². The average molecular weight is 541 g/mol. The molecule has 3 aromatic rings. The SMILES string of the molecule is O=C1CCC([N+]2([O-])Cc3cc4c(cc3C2)C2(CCN(Cc3cccc(Oc5ccccc5)c3)CC2)CO4)C[N+]1=O. The zero-order valence-electron chi connectivity index (χ0n) is 22.6. The molecule has 4 aliphatic rings. The summed E-state index contributed by atoms with van der Waals surface area (Å²) in [5, 5.41) is 13.8. The van der Waals surface area contributed by atoms with Crippen molar-refractivity contribution in [3.63, 3.8) is 0 Å². The molecule has 40 heavy (non-hydrogen) atoms. The van der Waals surface area contributed by atoms with E-state index < -0.39 is 10.6 Å². The molecule has 8 nitrogen and oxygen atoms in total. The number of hydroxylamine groups is 3. The van der Waals surface area contributed by atoms with Gasteiger partial charge in [0.2, 0.25) is 0 Å². The van der Waals surface area contributed by atoms with Gasteiger partial charge in [0.05, 0.1) is 17.8 Å². The quantitative estimate of drug-likeness (QED) is 0.251. The van der Waals surface area contributed by atoms with Crippen molar-refractivity contribution in [2.24, 2.45) is 0 Å². The number of quaternary nitrogens is 1. The van der Waals surface area contributed by atoms with Crippen molar-refractivity contribution in [2.45, 2.75) is 56.8 Å². The van der Waals surface area contributed by atoms with Crippen molar-refractivity contribution in [1.29, 1.82) is 0 Å². The number of amides is 1. The number of fused-ring (bicyclic) bond motifs is 3. The van der Waals surface area contributed by atoms with Crippen LogP contribution < -0.4 is 9.47 Å². The molecule has 4 heterocycles. The predicted molar refractivity (Wildman–Crippen MR) is 149 cm³/mol. The summed E-state index contributed by atoms with van der Waals surface area (Å²) in [5.74, 6) is 2.18. The monoisotopic (exact) mass is 540 g/mol. The lowest BCUT2D eigenvalue weighted by Crippen LogP contribution is -2.53. The van der Waals surface area contributed by atoms with Gasteiger partial charge in [-0.1, -0.05) is 30.3 Å². The maximum Gasteiger partial charge on any atom is 0.433 e. The summed E-state index contributed by atoms with van der Waals surface area (Å²) in [4.78, 5) is 26.1. The Hall–Kier alpha value is -3.59. The van der Waals surface area contributed by atoms with Gasteiger partial charge in [-0.05, 0) is 67.9 Å². The minimum Gasteiger partial charge on any atom is -0.632 e. The van der Waals surface area contributed by atoms with E-state index in [0.717, 1.165) is 60.9 Å². The van der Waals surface area contributed by atoms with E-state index in [1.54, 1.807) is 0 Å². The molecule has 1 amide bonds. The van der Waals surface area contributed by atoms with Crippen LogP contribution >= 0.6 is 0 Å². The zero-order valence-corrected chi connectivity index (χ0v) is 22.6. The van der Waals surface area contributed by atoms with Gasteiger partial charge in [0.25, 0.3) is 6.54 Å². The number of nitroso groups, excluding NO2 is 1. The second-order valence-corrected chi connectivity index (χ2v) is 11.9. The molecule has 0 radical (unpaired) electrons. The maximum atomic E-state index is 13.8. The Kier molecular flexibility index (Phi) is 6.22. The molecule has 2 atom stereocenters. The van der Waals surface area contributed by atoms with E-state index in [2.05, 4.69) is 35.2 Å². The van der Waals surface area contributed by atoms with Crippen LogP contribution in [0.15, 0.2) is 66.7 Å².